The number of thioether (sulfide) groups is 1. The van der Waals surface area contributed by atoms with E-state index in [2.05, 4.69) is 15.5 Å². The predicted octanol–water partition coefficient (Wildman–Crippen LogP) is 4.33. The highest BCUT2D eigenvalue weighted by Crippen LogP contribution is 2.30. The fourth-order valence-corrected chi connectivity index (χ4v) is 3.94. The minimum Gasteiger partial charge on any atom is -0.493 e. The minimum absolute atomic E-state index is 0.191. The fourth-order valence-electron chi connectivity index (χ4n) is 3.00. The average Bonchev–Trinajstić information content (AvgIpc) is 2.76. The Bertz CT molecular complexity index is 1100. The third-order valence-electron chi connectivity index (χ3n) is 4.90. The quantitative estimate of drug-likeness (QED) is 0.537. The second-order valence-corrected chi connectivity index (χ2v) is 7.67. The standard InChI is InChI=1S/C22H26N4O3S/c1-6-26-21(27)20(23-17-9-7-8-14(2)15(17)3)24-25-22(26)30-13-16-10-11-18(28-4)19(12-16)29-5/h7-12H,6,13H2,1-5H3,(H,23,24). The van der Waals surface area contributed by atoms with Crippen LogP contribution in [0.5, 0.6) is 11.5 Å². The summed E-state index contributed by atoms with van der Waals surface area (Å²) < 4.78 is 12.3. The lowest BCUT2D eigenvalue weighted by molar-refractivity contribution is 0.354. The summed E-state index contributed by atoms with van der Waals surface area (Å²) in [6.07, 6.45) is 0. The second kappa shape index (κ2) is 9.67. The van der Waals surface area contributed by atoms with Crippen LogP contribution >= 0.6 is 11.8 Å². The lowest BCUT2D eigenvalue weighted by Crippen LogP contribution is -2.26. The Morgan fingerprint density at radius 2 is 1.83 bits per heavy atom. The summed E-state index contributed by atoms with van der Waals surface area (Å²) >= 11 is 1.46. The SMILES string of the molecule is CCn1c(SCc2ccc(OC)c(OC)c2)nnc(Nc2cccc(C)c2C)c1=O. The molecule has 0 atom stereocenters. The maximum Gasteiger partial charge on any atom is 0.297 e. The van der Waals surface area contributed by atoms with Gasteiger partial charge in [0.15, 0.2) is 16.7 Å². The molecule has 0 saturated heterocycles. The van der Waals surface area contributed by atoms with Crippen molar-refractivity contribution in [2.45, 2.75) is 38.2 Å². The highest BCUT2D eigenvalue weighted by Gasteiger charge is 2.14. The molecule has 1 aromatic heterocycles. The van der Waals surface area contributed by atoms with Crippen LogP contribution in [0, 0.1) is 13.8 Å². The third kappa shape index (κ3) is 4.59. The maximum atomic E-state index is 13.0. The second-order valence-electron chi connectivity index (χ2n) is 6.73. The molecule has 0 spiro atoms. The van der Waals surface area contributed by atoms with Gasteiger partial charge in [-0.05, 0) is 55.7 Å². The molecule has 0 aliphatic heterocycles. The Morgan fingerprint density at radius 3 is 2.53 bits per heavy atom. The van der Waals surface area contributed by atoms with Crippen LogP contribution in [-0.2, 0) is 12.3 Å². The van der Waals surface area contributed by atoms with E-state index in [-0.39, 0.29) is 11.4 Å². The van der Waals surface area contributed by atoms with Crippen molar-refractivity contribution in [3.05, 3.63) is 63.4 Å². The van der Waals surface area contributed by atoms with Crippen molar-refractivity contribution < 1.29 is 9.47 Å². The van der Waals surface area contributed by atoms with E-state index in [1.807, 2.05) is 57.2 Å². The zero-order chi connectivity index (χ0) is 21.7. The Labute approximate surface area is 180 Å². The van der Waals surface area contributed by atoms with Crippen LogP contribution in [0.2, 0.25) is 0 Å². The highest BCUT2D eigenvalue weighted by molar-refractivity contribution is 7.98. The summed E-state index contributed by atoms with van der Waals surface area (Å²) in [7, 11) is 3.21. The fraction of sp³-hybridized carbons (Fsp3) is 0.318. The number of hydrogen-bond acceptors (Lipinski definition) is 7. The normalized spacial score (nSPS) is 10.7. The van der Waals surface area contributed by atoms with Gasteiger partial charge in [-0.15, -0.1) is 10.2 Å². The molecule has 0 aliphatic rings. The minimum atomic E-state index is -0.191. The molecule has 0 fully saturated rings. The van der Waals surface area contributed by atoms with Crippen LogP contribution in [0.15, 0.2) is 46.3 Å². The first-order chi connectivity index (χ1) is 14.5. The van der Waals surface area contributed by atoms with Crippen LogP contribution in [0.25, 0.3) is 0 Å². The van der Waals surface area contributed by atoms with Crippen molar-refractivity contribution in [3.63, 3.8) is 0 Å². The predicted molar refractivity (Wildman–Crippen MR) is 120 cm³/mol. The number of aromatic nitrogens is 3. The van der Waals surface area contributed by atoms with Gasteiger partial charge in [0, 0.05) is 18.0 Å². The summed E-state index contributed by atoms with van der Waals surface area (Å²) in [5, 5.41) is 12.2. The third-order valence-corrected chi connectivity index (χ3v) is 5.94. The van der Waals surface area contributed by atoms with E-state index in [0.29, 0.717) is 29.0 Å². The molecule has 8 heteroatoms. The van der Waals surface area contributed by atoms with Gasteiger partial charge in [0.05, 0.1) is 14.2 Å². The molecule has 0 bridgehead atoms. The summed E-state index contributed by atoms with van der Waals surface area (Å²) in [5.41, 5.74) is 3.92. The van der Waals surface area contributed by atoms with Crippen LogP contribution in [-0.4, -0.2) is 29.0 Å². The molecule has 0 saturated carbocycles. The van der Waals surface area contributed by atoms with E-state index >= 15 is 0 Å². The maximum absolute atomic E-state index is 13.0. The molecule has 0 radical (unpaired) electrons. The molecule has 1 N–H and O–H groups in total. The molecule has 30 heavy (non-hydrogen) atoms. The van der Waals surface area contributed by atoms with Gasteiger partial charge < -0.3 is 14.8 Å². The zero-order valence-electron chi connectivity index (χ0n) is 17.9. The molecule has 7 nitrogen and oxygen atoms in total. The Balaban J connectivity index is 1.82. The lowest BCUT2D eigenvalue weighted by Gasteiger charge is -2.13. The topological polar surface area (TPSA) is 78.3 Å². The van der Waals surface area contributed by atoms with Gasteiger partial charge in [0.1, 0.15) is 0 Å². The van der Waals surface area contributed by atoms with Crippen LogP contribution in [0.1, 0.15) is 23.6 Å². The number of hydrogen-bond donors (Lipinski definition) is 1. The largest absolute Gasteiger partial charge is 0.493 e. The van der Waals surface area contributed by atoms with Gasteiger partial charge in [-0.25, -0.2) is 0 Å². The van der Waals surface area contributed by atoms with E-state index < -0.39 is 0 Å². The number of benzene rings is 2. The summed E-state index contributed by atoms with van der Waals surface area (Å²) in [5.74, 6) is 2.19. The molecule has 0 aliphatic carbocycles. The molecule has 2 aromatic carbocycles. The first-order valence-corrected chi connectivity index (χ1v) is 10.6. The number of methoxy groups -OCH3 is 2. The molecule has 3 rings (SSSR count). The van der Waals surface area contributed by atoms with Crippen molar-refractivity contribution in [1.82, 2.24) is 14.8 Å². The van der Waals surface area contributed by atoms with Crippen LogP contribution in [0.4, 0.5) is 11.5 Å². The first kappa shape index (κ1) is 21.7. The molecule has 1 heterocycles. The van der Waals surface area contributed by atoms with E-state index in [1.54, 1.807) is 18.8 Å². The molecule has 0 unspecified atom stereocenters. The number of aryl methyl sites for hydroxylation is 1. The van der Waals surface area contributed by atoms with Crippen LogP contribution < -0.4 is 20.3 Å². The molecular weight excluding hydrogens is 400 g/mol. The van der Waals surface area contributed by atoms with Gasteiger partial charge in [-0.1, -0.05) is 30.0 Å². The van der Waals surface area contributed by atoms with E-state index in [0.717, 1.165) is 22.4 Å². The lowest BCUT2D eigenvalue weighted by atomic mass is 10.1. The summed E-state index contributed by atoms with van der Waals surface area (Å²) in [6, 6.07) is 11.7. The number of ether oxygens (including phenoxy) is 2. The number of nitrogens with zero attached hydrogens (tertiary/aromatic N) is 3. The smallest absolute Gasteiger partial charge is 0.297 e. The first-order valence-electron chi connectivity index (χ1n) is 9.63. The summed E-state index contributed by atoms with van der Waals surface area (Å²) in [4.78, 5) is 13.0. The van der Waals surface area contributed by atoms with Gasteiger partial charge in [-0.2, -0.15) is 0 Å². The molecule has 158 valence electrons. The molecular formula is C22H26N4O3S. The van der Waals surface area contributed by atoms with Crippen molar-refractivity contribution in [3.8, 4) is 11.5 Å². The van der Waals surface area contributed by atoms with Crippen molar-refractivity contribution in [1.29, 1.82) is 0 Å². The highest BCUT2D eigenvalue weighted by atomic mass is 32.2. The van der Waals surface area contributed by atoms with E-state index in [9.17, 15) is 4.79 Å². The zero-order valence-corrected chi connectivity index (χ0v) is 18.7. The Hall–Kier alpha value is -3.00. The molecule has 0 amide bonds. The monoisotopic (exact) mass is 426 g/mol. The average molecular weight is 427 g/mol. The van der Waals surface area contributed by atoms with E-state index in [1.165, 1.54) is 11.8 Å². The van der Waals surface area contributed by atoms with Crippen molar-refractivity contribution >= 4 is 23.3 Å². The van der Waals surface area contributed by atoms with Crippen LogP contribution in [0.3, 0.4) is 0 Å². The number of anilines is 2. The van der Waals surface area contributed by atoms with Crippen molar-refractivity contribution in [2.24, 2.45) is 0 Å². The van der Waals surface area contributed by atoms with Gasteiger partial charge in [0.2, 0.25) is 5.82 Å². The van der Waals surface area contributed by atoms with Gasteiger partial charge >= 0.3 is 0 Å². The van der Waals surface area contributed by atoms with Crippen molar-refractivity contribution in [2.75, 3.05) is 19.5 Å². The summed E-state index contributed by atoms with van der Waals surface area (Å²) in [6.45, 7) is 6.47. The Kier molecular flexibility index (Phi) is 6.99. The van der Waals surface area contributed by atoms with E-state index in [4.69, 9.17) is 9.47 Å². The number of nitrogens with one attached hydrogen (secondary N) is 1. The van der Waals surface area contributed by atoms with Gasteiger partial charge in [0.25, 0.3) is 5.56 Å². The molecule has 3 aromatic rings. The number of rotatable bonds is 8. The Morgan fingerprint density at radius 1 is 1.07 bits per heavy atom. The van der Waals surface area contributed by atoms with Gasteiger partial charge in [-0.3, -0.25) is 9.36 Å².